The van der Waals surface area contributed by atoms with Crippen LogP contribution in [0.1, 0.15) is 32.1 Å². The lowest BCUT2D eigenvalue weighted by Crippen LogP contribution is -2.41. The second kappa shape index (κ2) is 10.3. The Bertz CT molecular complexity index is 306. The quantitative estimate of drug-likeness (QED) is 0.607. The predicted octanol–water partition coefficient (Wildman–Crippen LogP) is 0.836. The number of nitrogens with zero attached hydrogens (tertiary/aromatic N) is 1. The fourth-order valence-electron chi connectivity index (χ4n) is 1.39. The van der Waals surface area contributed by atoms with Gasteiger partial charge in [0.1, 0.15) is 0 Å². The molecule has 0 radical (unpaired) electrons. The third-order valence-electron chi connectivity index (χ3n) is 2.48. The third kappa shape index (κ3) is 10.0. The number of carboxylic acids is 1. The first-order chi connectivity index (χ1) is 8.97. The molecule has 0 aromatic rings. The van der Waals surface area contributed by atoms with Crippen molar-refractivity contribution in [3.63, 3.8) is 0 Å². The number of rotatable bonds is 9. The Kier molecular flexibility index (Phi) is 9.42. The number of nitrogens with one attached hydrogen (secondary N) is 1. The Morgan fingerprint density at radius 3 is 2.37 bits per heavy atom. The Hall–Kier alpha value is -1.63. The molecule has 0 unspecified atom stereocenters. The lowest BCUT2D eigenvalue weighted by atomic mass is 10.2. The topological polar surface area (TPSA) is 95.9 Å². The molecule has 19 heavy (non-hydrogen) atoms. The highest BCUT2D eigenvalue weighted by Gasteiger charge is 2.11. The van der Waals surface area contributed by atoms with E-state index in [0.29, 0.717) is 32.4 Å². The summed E-state index contributed by atoms with van der Waals surface area (Å²) >= 11 is 0. The summed E-state index contributed by atoms with van der Waals surface area (Å²) in [6, 6.07) is -0.445. The zero-order valence-corrected chi connectivity index (χ0v) is 11.5. The van der Waals surface area contributed by atoms with Crippen LogP contribution in [0.15, 0.2) is 0 Å². The van der Waals surface area contributed by atoms with Gasteiger partial charge < -0.3 is 14.7 Å². The van der Waals surface area contributed by atoms with E-state index < -0.39 is 12.0 Å². The summed E-state index contributed by atoms with van der Waals surface area (Å²) in [4.78, 5) is 34.6. The molecule has 0 aliphatic carbocycles. The molecule has 0 aromatic carbocycles. The maximum absolute atomic E-state index is 11.5. The monoisotopic (exact) mass is 274 g/mol. The number of hydrogen-bond acceptors (Lipinski definition) is 4. The minimum absolute atomic E-state index is 0.0398. The largest absolute Gasteiger partial charge is 0.481 e. The van der Waals surface area contributed by atoms with Crippen LogP contribution in [-0.4, -0.2) is 55.2 Å². The van der Waals surface area contributed by atoms with Gasteiger partial charge in [-0.15, -0.1) is 0 Å². The van der Waals surface area contributed by atoms with E-state index in [1.54, 1.807) is 14.2 Å². The number of carboxylic acid groups (broad SMARTS) is 1. The Balaban J connectivity index is 3.73. The second-order valence-corrected chi connectivity index (χ2v) is 4.22. The maximum atomic E-state index is 11.5. The molecule has 3 amide bonds. The number of aliphatic carboxylic acids is 1. The molecule has 2 N–H and O–H groups in total. The first-order valence-electron chi connectivity index (χ1n) is 6.23. The van der Waals surface area contributed by atoms with Crippen molar-refractivity contribution in [1.29, 1.82) is 0 Å². The summed E-state index contributed by atoms with van der Waals surface area (Å²) in [5, 5.41) is 10.7. The normalized spacial score (nSPS) is 10.0. The zero-order valence-electron chi connectivity index (χ0n) is 11.5. The first-order valence-corrected chi connectivity index (χ1v) is 6.23. The second-order valence-electron chi connectivity index (χ2n) is 4.22. The molecule has 0 heterocycles. The van der Waals surface area contributed by atoms with Gasteiger partial charge in [0.15, 0.2) is 0 Å². The fourth-order valence-corrected chi connectivity index (χ4v) is 1.39. The number of carbonyl (C=O) groups is 3. The van der Waals surface area contributed by atoms with Gasteiger partial charge in [-0.2, -0.15) is 0 Å². The number of imide groups is 1. The summed E-state index contributed by atoms with van der Waals surface area (Å²) in [5.74, 6) is -1.26. The van der Waals surface area contributed by atoms with Crippen molar-refractivity contribution in [1.82, 2.24) is 10.2 Å². The van der Waals surface area contributed by atoms with E-state index in [4.69, 9.17) is 9.84 Å². The molecule has 7 nitrogen and oxygen atoms in total. The number of urea groups is 1. The zero-order chi connectivity index (χ0) is 14.7. The molecule has 0 spiro atoms. The summed E-state index contributed by atoms with van der Waals surface area (Å²) in [6.07, 6.45) is 1.79. The number of amides is 3. The van der Waals surface area contributed by atoms with Gasteiger partial charge in [0.2, 0.25) is 5.91 Å². The molecule has 0 bridgehead atoms. The molecule has 0 aliphatic heterocycles. The Labute approximate surface area is 112 Å². The minimum Gasteiger partial charge on any atom is -0.481 e. The van der Waals surface area contributed by atoms with E-state index in [0.717, 1.165) is 0 Å². The van der Waals surface area contributed by atoms with Crippen LogP contribution in [-0.2, 0) is 14.3 Å². The van der Waals surface area contributed by atoms with Crippen LogP contribution < -0.4 is 5.32 Å². The van der Waals surface area contributed by atoms with Crippen LogP contribution in [0.3, 0.4) is 0 Å². The van der Waals surface area contributed by atoms with Crippen molar-refractivity contribution in [2.45, 2.75) is 32.1 Å². The highest BCUT2D eigenvalue weighted by atomic mass is 16.5. The number of unbranched alkanes of at least 4 members (excludes halogenated alkanes) is 1. The standard InChI is InChI=1S/C12H22N2O5/c1-14(8-5-9-19-2)12(18)13-10(15)6-3-4-7-11(16)17/h3-9H2,1-2H3,(H,16,17)(H,13,15,18). The van der Waals surface area contributed by atoms with Crippen molar-refractivity contribution in [2.24, 2.45) is 0 Å². The van der Waals surface area contributed by atoms with Gasteiger partial charge in [0.25, 0.3) is 0 Å². The number of hydrogen-bond donors (Lipinski definition) is 2. The predicted molar refractivity (Wildman–Crippen MR) is 68.8 cm³/mol. The number of carbonyl (C=O) groups excluding carboxylic acids is 2. The summed E-state index contributed by atoms with van der Waals surface area (Å²) in [5.41, 5.74) is 0. The SMILES string of the molecule is COCCCN(C)C(=O)NC(=O)CCCCC(=O)O. The number of methoxy groups -OCH3 is 1. The third-order valence-corrected chi connectivity index (χ3v) is 2.48. The lowest BCUT2D eigenvalue weighted by Gasteiger charge is -2.16. The highest BCUT2D eigenvalue weighted by Crippen LogP contribution is 2.00. The molecule has 0 fully saturated rings. The molecule has 0 aliphatic rings. The van der Waals surface area contributed by atoms with Gasteiger partial charge >= 0.3 is 12.0 Å². The molecule has 110 valence electrons. The van der Waals surface area contributed by atoms with Crippen LogP contribution in [0.5, 0.6) is 0 Å². The average Bonchev–Trinajstić information content (AvgIpc) is 2.34. The van der Waals surface area contributed by atoms with Crippen molar-refractivity contribution in [3.05, 3.63) is 0 Å². The lowest BCUT2D eigenvalue weighted by molar-refractivity contribution is -0.137. The minimum atomic E-state index is -0.880. The summed E-state index contributed by atoms with van der Waals surface area (Å²) < 4.78 is 4.86. The van der Waals surface area contributed by atoms with Gasteiger partial charge in [0.05, 0.1) is 0 Å². The molecular formula is C12H22N2O5. The molecule has 0 saturated carbocycles. The fraction of sp³-hybridized carbons (Fsp3) is 0.750. The molecule has 0 saturated heterocycles. The van der Waals surface area contributed by atoms with E-state index in [-0.39, 0.29) is 18.7 Å². The molecule has 0 rings (SSSR count). The van der Waals surface area contributed by atoms with Gasteiger partial charge in [-0.05, 0) is 19.3 Å². The van der Waals surface area contributed by atoms with Crippen LogP contribution >= 0.6 is 0 Å². The number of ether oxygens (including phenoxy) is 1. The molecule has 0 aromatic heterocycles. The molecular weight excluding hydrogens is 252 g/mol. The Morgan fingerprint density at radius 2 is 1.79 bits per heavy atom. The van der Waals surface area contributed by atoms with Gasteiger partial charge in [-0.25, -0.2) is 4.79 Å². The maximum Gasteiger partial charge on any atom is 0.323 e. The van der Waals surface area contributed by atoms with Crippen LogP contribution in [0.4, 0.5) is 4.79 Å². The van der Waals surface area contributed by atoms with E-state index in [1.807, 2.05) is 0 Å². The van der Waals surface area contributed by atoms with Gasteiger partial charge in [-0.1, -0.05) is 0 Å². The first kappa shape index (κ1) is 17.4. The van der Waals surface area contributed by atoms with Crippen molar-refractivity contribution >= 4 is 17.9 Å². The van der Waals surface area contributed by atoms with Crippen molar-refractivity contribution < 1.29 is 24.2 Å². The molecule has 7 heteroatoms. The van der Waals surface area contributed by atoms with Crippen molar-refractivity contribution in [2.75, 3.05) is 27.3 Å². The average molecular weight is 274 g/mol. The van der Waals surface area contributed by atoms with Crippen molar-refractivity contribution in [3.8, 4) is 0 Å². The van der Waals surface area contributed by atoms with Gasteiger partial charge in [-0.3, -0.25) is 14.9 Å². The smallest absolute Gasteiger partial charge is 0.323 e. The van der Waals surface area contributed by atoms with Crippen LogP contribution in [0.2, 0.25) is 0 Å². The van der Waals surface area contributed by atoms with E-state index in [9.17, 15) is 14.4 Å². The van der Waals surface area contributed by atoms with E-state index >= 15 is 0 Å². The summed E-state index contributed by atoms with van der Waals surface area (Å²) in [7, 11) is 3.18. The summed E-state index contributed by atoms with van der Waals surface area (Å²) in [6.45, 7) is 1.06. The molecule has 0 atom stereocenters. The highest BCUT2D eigenvalue weighted by molar-refractivity contribution is 5.94. The van der Waals surface area contributed by atoms with E-state index in [2.05, 4.69) is 5.32 Å². The van der Waals surface area contributed by atoms with Crippen LogP contribution in [0, 0.1) is 0 Å². The van der Waals surface area contributed by atoms with Crippen LogP contribution in [0.25, 0.3) is 0 Å². The Morgan fingerprint density at radius 1 is 1.16 bits per heavy atom. The van der Waals surface area contributed by atoms with E-state index in [1.165, 1.54) is 4.90 Å². The van der Waals surface area contributed by atoms with Gasteiger partial charge in [0, 0.05) is 40.2 Å².